The van der Waals surface area contributed by atoms with Gasteiger partial charge in [-0.25, -0.2) is 9.97 Å². The lowest BCUT2D eigenvalue weighted by atomic mass is 9.92. The molecule has 0 unspecified atom stereocenters. The van der Waals surface area contributed by atoms with Gasteiger partial charge in [0.1, 0.15) is 11.6 Å². The fourth-order valence-electron chi connectivity index (χ4n) is 1.68. The normalized spacial score (nSPS) is 11.7. The number of ether oxygens (including phenoxy) is 2. The molecular formula is C14H24BrN3O2. The Hall–Kier alpha value is -0.720. The first-order chi connectivity index (χ1) is 9.40. The fraction of sp³-hybridized carbons (Fsp3) is 0.714. The molecule has 1 rings (SSSR count). The zero-order valence-electron chi connectivity index (χ0n) is 12.9. The van der Waals surface area contributed by atoms with Gasteiger partial charge in [-0.05, 0) is 15.9 Å². The Bertz CT molecular complexity index is 433. The first kappa shape index (κ1) is 17.3. The van der Waals surface area contributed by atoms with Crippen molar-refractivity contribution in [2.24, 2.45) is 0 Å². The third-order valence-corrected chi connectivity index (χ3v) is 3.50. The van der Waals surface area contributed by atoms with E-state index in [1.807, 2.05) is 7.05 Å². The van der Waals surface area contributed by atoms with Gasteiger partial charge < -0.3 is 14.8 Å². The third-order valence-electron chi connectivity index (χ3n) is 2.75. The van der Waals surface area contributed by atoms with Crippen LogP contribution in [-0.4, -0.2) is 43.9 Å². The van der Waals surface area contributed by atoms with Gasteiger partial charge in [0, 0.05) is 26.0 Å². The molecule has 0 aliphatic carbocycles. The summed E-state index contributed by atoms with van der Waals surface area (Å²) in [5.41, 5.74) is 0.961. The molecule has 20 heavy (non-hydrogen) atoms. The summed E-state index contributed by atoms with van der Waals surface area (Å²) in [6.45, 7) is 8.21. The van der Waals surface area contributed by atoms with E-state index in [9.17, 15) is 0 Å². The first-order valence-corrected chi connectivity index (χ1v) is 7.50. The van der Waals surface area contributed by atoms with Crippen molar-refractivity contribution in [3.63, 3.8) is 0 Å². The predicted molar refractivity (Wildman–Crippen MR) is 84.4 cm³/mol. The predicted octanol–water partition coefficient (Wildman–Crippen LogP) is 2.78. The summed E-state index contributed by atoms with van der Waals surface area (Å²) in [7, 11) is 3.52. The fourth-order valence-corrected chi connectivity index (χ4v) is 2.65. The van der Waals surface area contributed by atoms with Crippen molar-refractivity contribution < 1.29 is 9.47 Å². The van der Waals surface area contributed by atoms with Crippen LogP contribution in [0.2, 0.25) is 0 Å². The Kier molecular flexibility index (Phi) is 6.85. The third kappa shape index (κ3) is 5.00. The maximum Gasteiger partial charge on any atom is 0.144 e. The van der Waals surface area contributed by atoms with E-state index < -0.39 is 0 Å². The average molecular weight is 346 g/mol. The summed E-state index contributed by atoms with van der Waals surface area (Å²) in [6, 6.07) is 0. The van der Waals surface area contributed by atoms with E-state index in [4.69, 9.17) is 9.47 Å². The molecule has 0 radical (unpaired) electrons. The van der Waals surface area contributed by atoms with Gasteiger partial charge in [-0.15, -0.1) is 0 Å². The smallest absolute Gasteiger partial charge is 0.144 e. The minimum absolute atomic E-state index is 0.0426. The molecule has 0 saturated carbocycles. The number of methoxy groups -OCH3 is 1. The second kappa shape index (κ2) is 7.90. The molecule has 0 amide bonds. The van der Waals surface area contributed by atoms with E-state index in [1.165, 1.54) is 0 Å². The lowest BCUT2D eigenvalue weighted by Gasteiger charge is -2.21. The van der Waals surface area contributed by atoms with Crippen LogP contribution < -0.4 is 5.32 Å². The van der Waals surface area contributed by atoms with Crippen molar-refractivity contribution in [1.29, 1.82) is 0 Å². The van der Waals surface area contributed by atoms with Gasteiger partial charge >= 0.3 is 0 Å². The number of nitrogens with zero attached hydrogens (tertiary/aromatic N) is 2. The number of halogens is 1. The van der Waals surface area contributed by atoms with E-state index >= 15 is 0 Å². The summed E-state index contributed by atoms with van der Waals surface area (Å²) in [6.07, 6.45) is 0.689. The van der Waals surface area contributed by atoms with E-state index in [1.54, 1.807) is 7.11 Å². The molecule has 0 aromatic carbocycles. The average Bonchev–Trinajstić information content (AvgIpc) is 2.38. The molecule has 1 aromatic rings. The van der Waals surface area contributed by atoms with Crippen LogP contribution in [0.15, 0.2) is 4.47 Å². The Balaban J connectivity index is 2.81. The van der Waals surface area contributed by atoms with Crippen molar-refractivity contribution >= 4 is 21.7 Å². The van der Waals surface area contributed by atoms with Gasteiger partial charge in [-0.1, -0.05) is 20.8 Å². The van der Waals surface area contributed by atoms with Crippen LogP contribution in [0.4, 0.5) is 5.82 Å². The highest BCUT2D eigenvalue weighted by Crippen LogP contribution is 2.32. The molecule has 0 aliphatic heterocycles. The van der Waals surface area contributed by atoms with Crippen molar-refractivity contribution in [3.8, 4) is 0 Å². The van der Waals surface area contributed by atoms with E-state index in [0.717, 1.165) is 21.8 Å². The van der Waals surface area contributed by atoms with Crippen molar-refractivity contribution in [2.45, 2.75) is 32.6 Å². The van der Waals surface area contributed by atoms with Crippen LogP contribution in [0, 0.1) is 0 Å². The highest BCUT2D eigenvalue weighted by molar-refractivity contribution is 9.10. The number of aromatic nitrogens is 2. The number of anilines is 1. The molecule has 1 N–H and O–H groups in total. The summed E-state index contributed by atoms with van der Waals surface area (Å²) < 4.78 is 11.3. The van der Waals surface area contributed by atoms with Crippen LogP contribution in [0.5, 0.6) is 0 Å². The molecule has 0 spiro atoms. The molecule has 0 bridgehead atoms. The number of hydrogen-bond donors (Lipinski definition) is 1. The molecule has 0 fully saturated rings. The molecule has 0 atom stereocenters. The van der Waals surface area contributed by atoms with Gasteiger partial charge in [0.05, 0.1) is 30.0 Å². The quantitative estimate of drug-likeness (QED) is 0.770. The highest BCUT2D eigenvalue weighted by atomic mass is 79.9. The number of rotatable bonds is 7. The number of nitrogens with one attached hydrogen (secondary N) is 1. The van der Waals surface area contributed by atoms with E-state index in [2.05, 4.69) is 52.0 Å². The minimum atomic E-state index is -0.0426. The Morgan fingerprint density at radius 2 is 1.85 bits per heavy atom. The number of hydrogen-bond acceptors (Lipinski definition) is 5. The SMILES string of the molecule is CNc1nc(CCOCCOC)nc(C(C)(C)C)c1Br. The topological polar surface area (TPSA) is 56.3 Å². The van der Waals surface area contributed by atoms with Crippen LogP contribution in [0.25, 0.3) is 0 Å². The molecule has 1 heterocycles. The van der Waals surface area contributed by atoms with Gasteiger partial charge in [0.2, 0.25) is 0 Å². The van der Waals surface area contributed by atoms with Crippen molar-refractivity contribution in [2.75, 3.05) is 39.3 Å². The molecule has 5 nitrogen and oxygen atoms in total. The standard InChI is InChI=1S/C14H24BrN3O2/c1-14(2,3)12-11(15)13(16-4)18-10(17-12)6-7-20-9-8-19-5/h6-9H2,1-5H3,(H,16,17,18). The molecule has 1 aromatic heterocycles. The van der Waals surface area contributed by atoms with Crippen LogP contribution >= 0.6 is 15.9 Å². The van der Waals surface area contributed by atoms with Crippen LogP contribution in [0.1, 0.15) is 32.3 Å². The summed E-state index contributed by atoms with van der Waals surface area (Å²) in [5, 5.41) is 3.10. The zero-order chi connectivity index (χ0) is 15.2. The molecule has 0 aliphatic rings. The molecule has 0 saturated heterocycles. The second-order valence-corrected chi connectivity index (χ2v) is 6.30. The van der Waals surface area contributed by atoms with Crippen LogP contribution in [-0.2, 0) is 21.3 Å². The summed E-state index contributed by atoms with van der Waals surface area (Å²) >= 11 is 3.58. The Morgan fingerprint density at radius 3 is 2.40 bits per heavy atom. The highest BCUT2D eigenvalue weighted by Gasteiger charge is 2.22. The van der Waals surface area contributed by atoms with Gasteiger partial charge in [-0.2, -0.15) is 0 Å². The Morgan fingerprint density at radius 1 is 1.15 bits per heavy atom. The van der Waals surface area contributed by atoms with Crippen molar-refractivity contribution in [1.82, 2.24) is 9.97 Å². The lowest BCUT2D eigenvalue weighted by Crippen LogP contribution is -2.18. The monoisotopic (exact) mass is 345 g/mol. The second-order valence-electron chi connectivity index (χ2n) is 5.51. The maximum atomic E-state index is 5.47. The molecule has 6 heteroatoms. The van der Waals surface area contributed by atoms with Gasteiger partial charge in [0.15, 0.2) is 0 Å². The van der Waals surface area contributed by atoms with E-state index in [0.29, 0.717) is 26.2 Å². The summed E-state index contributed by atoms with van der Waals surface area (Å²) in [5.74, 6) is 1.61. The first-order valence-electron chi connectivity index (χ1n) is 6.71. The zero-order valence-corrected chi connectivity index (χ0v) is 14.5. The van der Waals surface area contributed by atoms with E-state index in [-0.39, 0.29) is 5.41 Å². The molecular weight excluding hydrogens is 322 g/mol. The van der Waals surface area contributed by atoms with Crippen molar-refractivity contribution in [3.05, 3.63) is 16.0 Å². The minimum Gasteiger partial charge on any atom is -0.382 e. The lowest BCUT2D eigenvalue weighted by molar-refractivity contribution is 0.0716. The summed E-state index contributed by atoms with van der Waals surface area (Å²) in [4.78, 5) is 9.16. The maximum absolute atomic E-state index is 5.47. The Labute approximate surface area is 129 Å². The van der Waals surface area contributed by atoms with Crippen LogP contribution in [0.3, 0.4) is 0 Å². The van der Waals surface area contributed by atoms with Gasteiger partial charge in [-0.3, -0.25) is 0 Å². The largest absolute Gasteiger partial charge is 0.382 e. The molecule has 114 valence electrons. The van der Waals surface area contributed by atoms with Gasteiger partial charge in [0.25, 0.3) is 0 Å².